The molecular weight excluding hydrogens is 378 g/mol. The molecule has 130 valence electrons. The predicted molar refractivity (Wildman–Crippen MR) is 94.1 cm³/mol. The molecule has 2 aromatic rings. The Labute approximate surface area is 148 Å². The van der Waals surface area contributed by atoms with Crippen LogP contribution < -0.4 is 15.8 Å². The fourth-order valence-electron chi connectivity index (χ4n) is 1.97. The van der Waals surface area contributed by atoms with Gasteiger partial charge in [0.05, 0.1) is 25.5 Å². The van der Waals surface area contributed by atoms with Crippen molar-refractivity contribution in [1.82, 2.24) is 15.0 Å². The number of halogens is 1. The van der Waals surface area contributed by atoms with E-state index >= 15 is 0 Å². The number of aromatic nitrogens is 3. The van der Waals surface area contributed by atoms with Crippen molar-refractivity contribution >= 4 is 27.7 Å². The molecule has 0 fully saturated rings. The minimum Gasteiger partial charge on any atom is -0.451 e. The molecule has 0 aliphatic heterocycles. The Balaban J connectivity index is 2.38. The van der Waals surface area contributed by atoms with E-state index < -0.39 is 6.04 Å². The molecule has 0 bridgehead atoms. The Morgan fingerprint density at radius 1 is 1.21 bits per heavy atom. The lowest BCUT2D eigenvalue weighted by molar-refractivity contribution is 0.203. The fourth-order valence-corrected chi connectivity index (χ4v) is 2.28. The second-order valence-electron chi connectivity index (χ2n) is 5.45. The zero-order chi connectivity index (χ0) is 17.7. The number of rotatable bonds is 7. The van der Waals surface area contributed by atoms with Gasteiger partial charge >= 0.3 is 0 Å². The molecule has 2 heterocycles. The maximum atomic E-state index is 9.24. The van der Waals surface area contributed by atoms with Crippen molar-refractivity contribution < 1.29 is 14.9 Å². The normalized spacial score (nSPS) is 11.1. The van der Waals surface area contributed by atoms with Crippen LogP contribution in [0.5, 0.6) is 11.5 Å². The average Bonchev–Trinajstić information content (AvgIpc) is 2.54. The summed E-state index contributed by atoms with van der Waals surface area (Å²) in [5.41, 5.74) is 6.54. The first-order chi connectivity index (χ1) is 11.4. The maximum absolute atomic E-state index is 9.24. The molecule has 0 aliphatic carbocycles. The van der Waals surface area contributed by atoms with E-state index in [1.54, 1.807) is 12.3 Å². The number of pyridine rings is 1. The second-order valence-corrected chi connectivity index (χ2v) is 6.26. The molecule has 0 aliphatic rings. The monoisotopic (exact) mass is 397 g/mol. The number of nitrogens with one attached hydrogen (secondary N) is 1. The van der Waals surface area contributed by atoms with Crippen LogP contribution in [0.3, 0.4) is 0 Å². The molecule has 2 aromatic heterocycles. The molecule has 0 spiro atoms. The van der Waals surface area contributed by atoms with E-state index in [4.69, 9.17) is 10.5 Å². The van der Waals surface area contributed by atoms with E-state index in [0.717, 1.165) is 5.56 Å². The summed E-state index contributed by atoms with van der Waals surface area (Å²) in [4.78, 5) is 12.2. The zero-order valence-electron chi connectivity index (χ0n) is 13.4. The summed E-state index contributed by atoms with van der Waals surface area (Å²) < 4.78 is 6.59. The Bertz CT molecular complexity index is 695. The molecule has 2 rings (SSSR count). The van der Waals surface area contributed by atoms with Crippen LogP contribution in [0.15, 0.2) is 23.1 Å². The molecule has 0 amide bonds. The number of hydrogen-bond acceptors (Lipinski definition) is 8. The summed E-state index contributed by atoms with van der Waals surface area (Å²) in [7, 11) is 0. The Morgan fingerprint density at radius 3 is 2.54 bits per heavy atom. The van der Waals surface area contributed by atoms with Crippen LogP contribution in [0.25, 0.3) is 0 Å². The lowest BCUT2D eigenvalue weighted by Crippen LogP contribution is -2.28. The first-order valence-corrected chi connectivity index (χ1v) is 8.18. The van der Waals surface area contributed by atoms with Gasteiger partial charge in [0.1, 0.15) is 10.4 Å². The van der Waals surface area contributed by atoms with Gasteiger partial charge in [-0.15, -0.1) is 0 Å². The first kappa shape index (κ1) is 18.4. The molecule has 24 heavy (non-hydrogen) atoms. The molecule has 0 saturated carbocycles. The SMILES string of the molecule is CC(C)c1cnc(Br)cc1Oc1cnc(N)nc1NC(CO)CO. The van der Waals surface area contributed by atoms with Crippen LogP contribution in [0, 0.1) is 0 Å². The van der Waals surface area contributed by atoms with Gasteiger partial charge in [0.15, 0.2) is 11.6 Å². The van der Waals surface area contributed by atoms with Crippen LogP contribution in [-0.2, 0) is 0 Å². The quantitative estimate of drug-likeness (QED) is 0.521. The zero-order valence-corrected chi connectivity index (χ0v) is 15.0. The van der Waals surface area contributed by atoms with Crippen molar-refractivity contribution in [1.29, 1.82) is 0 Å². The van der Waals surface area contributed by atoms with E-state index in [1.807, 2.05) is 13.8 Å². The Kier molecular flexibility index (Phi) is 6.29. The third kappa shape index (κ3) is 4.53. The number of nitrogen functional groups attached to an aromatic ring is 1. The first-order valence-electron chi connectivity index (χ1n) is 7.38. The third-order valence-corrected chi connectivity index (χ3v) is 3.69. The Morgan fingerprint density at radius 2 is 1.92 bits per heavy atom. The summed E-state index contributed by atoms with van der Waals surface area (Å²) in [5.74, 6) is 1.48. The average molecular weight is 398 g/mol. The van der Waals surface area contributed by atoms with Gasteiger partial charge in [-0.3, -0.25) is 0 Å². The van der Waals surface area contributed by atoms with Crippen LogP contribution in [0.2, 0.25) is 0 Å². The van der Waals surface area contributed by atoms with Gasteiger partial charge in [0.25, 0.3) is 0 Å². The summed E-state index contributed by atoms with van der Waals surface area (Å²) in [5, 5.41) is 21.4. The second kappa shape index (κ2) is 8.22. The van der Waals surface area contributed by atoms with Gasteiger partial charge in [-0.2, -0.15) is 4.98 Å². The van der Waals surface area contributed by atoms with Gasteiger partial charge in [0, 0.05) is 17.8 Å². The van der Waals surface area contributed by atoms with E-state index in [1.165, 1.54) is 6.20 Å². The highest BCUT2D eigenvalue weighted by atomic mass is 79.9. The Hall–Kier alpha value is -1.97. The van der Waals surface area contributed by atoms with Gasteiger partial charge < -0.3 is 26.0 Å². The van der Waals surface area contributed by atoms with E-state index in [-0.39, 0.29) is 25.1 Å². The van der Waals surface area contributed by atoms with Crippen LogP contribution in [-0.4, -0.2) is 44.4 Å². The minimum absolute atomic E-state index is 0.0551. The number of anilines is 2. The molecule has 0 radical (unpaired) electrons. The molecule has 0 unspecified atom stereocenters. The molecule has 5 N–H and O–H groups in total. The number of ether oxygens (including phenoxy) is 1. The summed E-state index contributed by atoms with van der Waals surface area (Å²) in [6.07, 6.45) is 3.18. The van der Waals surface area contributed by atoms with Gasteiger partial charge in [-0.25, -0.2) is 9.97 Å². The molecule has 0 saturated heterocycles. The van der Waals surface area contributed by atoms with Crippen molar-refractivity contribution in [3.8, 4) is 11.5 Å². The largest absolute Gasteiger partial charge is 0.451 e. The third-order valence-electron chi connectivity index (χ3n) is 3.26. The standard InChI is InChI=1S/C15H20BrN5O3/c1-8(2)10-4-18-13(16)3-11(10)24-12-5-19-15(17)21-14(12)20-9(6-22)7-23/h3-5,8-9,22-23H,6-7H2,1-2H3,(H3,17,19,20,21). The van der Waals surface area contributed by atoms with Gasteiger partial charge in [0.2, 0.25) is 5.95 Å². The maximum Gasteiger partial charge on any atom is 0.222 e. The van der Waals surface area contributed by atoms with Gasteiger partial charge in [-0.1, -0.05) is 13.8 Å². The lowest BCUT2D eigenvalue weighted by Gasteiger charge is -2.18. The topological polar surface area (TPSA) is 126 Å². The van der Waals surface area contributed by atoms with E-state index in [0.29, 0.717) is 21.9 Å². The lowest BCUT2D eigenvalue weighted by atomic mass is 10.1. The molecule has 9 heteroatoms. The van der Waals surface area contributed by atoms with E-state index in [2.05, 4.69) is 36.2 Å². The summed E-state index contributed by atoms with van der Waals surface area (Å²) in [6, 6.07) is 1.17. The number of nitrogens with zero attached hydrogens (tertiary/aromatic N) is 3. The van der Waals surface area contributed by atoms with Crippen molar-refractivity contribution in [2.75, 3.05) is 24.3 Å². The van der Waals surface area contributed by atoms with Crippen molar-refractivity contribution in [3.63, 3.8) is 0 Å². The highest BCUT2D eigenvalue weighted by Gasteiger charge is 2.16. The summed E-state index contributed by atoms with van der Waals surface area (Å²) >= 11 is 3.33. The molecule has 8 nitrogen and oxygen atoms in total. The molecule has 0 aromatic carbocycles. The molecular formula is C15H20BrN5O3. The smallest absolute Gasteiger partial charge is 0.222 e. The highest BCUT2D eigenvalue weighted by Crippen LogP contribution is 2.34. The predicted octanol–water partition coefficient (Wildman–Crippen LogP) is 1.90. The van der Waals surface area contributed by atoms with Crippen LogP contribution in [0.1, 0.15) is 25.3 Å². The van der Waals surface area contributed by atoms with Crippen LogP contribution >= 0.6 is 15.9 Å². The molecule has 0 atom stereocenters. The van der Waals surface area contributed by atoms with Crippen molar-refractivity contribution in [2.24, 2.45) is 0 Å². The number of aliphatic hydroxyl groups is 2. The number of aliphatic hydroxyl groups excluding tert-OH is 2. The van der Waals surface area contributed by atoms with Crippen LogP contribution in [0.4, 0.5) is 11.8 Å². The van der Waals surface area contributed by atoms with Crippen molar-refractivity contribution in [2.45, 2.75) is 25.8 Å². The highest BCUT2D eigenvalue weighted by molar-refractivity contribution is 9.10. The summed E-state index contributed by atoms with van der Waals surface area (Å²) in [6.45, 7) is 3.53. The minimum atomic E-state index is -0.588. The fraction of sp³-hybridized carbons (Fsp3) is 0.400. The van der Waals surface area contributed by atoms with Gasteiger partial charge in [-0.05, 0) is 21.8 Å². The van der Waals surface area contributed by atoms with E-state index in [9.17, 15) is 10.2 Å². The number of nitrogens with two attached hydrogens (primary N) is 1. The number of hydrogen-bond donors (Lipinski definition) is 4. The van der Waals surface area contributed by atoms with Crippen molar-refractivity contribution in [3.05, 3.63) is 28.6 Å².